The first-order valence-corrected chi connectivity index (χ1v) is 9.11. The molecule has 4 rings (SSSR count). The summed E-state index contributed by atoms with van der Waals surface area (Å²) in [4.78, 5) is 23.3. The number of piperidine rings is 1. The number of nitrogens with zero attached hydrogens (tertiary/aromatic N) is 5. The van der Waals surface area contributed by atoms with Crippen LogP contribution in [0.4, 0.5) is 0 Å². The van der Waals surface area contributed by atoms with Crippen molar-refractivity contribution in [3.05, 3.63) is 23.3 Å². The van der Waals surface area contributed by atoms with Crippen molar-refractivity contribution in [2.24, 2.45) is 5.41 Å². The number of aryl methyl sites for hydroxylation is 2. The van der Waals surface area contributed by atoms with Gasteiger partial charge in [0.1, 0.15) is 0 Å². The fourth-order valence-corrected chi connectivity index (χ4v) is 4.41. The molecule has 1 amide bonds. The maximum absolute atomic E-state index is 12.7. The molecular weight excluding hydrogens is 334 g/mol. The van der Waals surface area contributed by atoms with E-state index in [1.807, 2.05) is 24.8 Å². The Bertz CT molecular complexity index is 841. The van der Waals surface area contributed by atoms with E-state index in [0.717, 1.165) is 24.2 Å². The monoisotopic (exact) mass is 359 g/mol. The summed E-state index contributed by atoms with van der Waals surface area (Å²) in [7, 11) is 1.70. The van der Waals surface area contributed by atoms with E-state index < -0.39 is 0 Å². The number of aromatic nitrogens is 4. The average molecular weight is 359 g/mol. The van der Waals surface area contributed by atoms with Gasteiger partial charge in [0.15, 0.2) is 5.82 Å². The summed E-state index contributed by atoms with van der Waals surface area (Å²) in [6.07, 6.45) is 2.20. The molecule has 2 fully saturated rings. The van der Waals surface area contributed by atoms with E-state index in [2.05, 4.69) is 15.1 Å². The van der Waals surface area contributed by atoms with Crippen LogP contribution in [0.2, 0.25) is 0 Å². The van der Waals surface area contributed by atoms with Crippen LogP contribution in [0.15, 0.2) is 6.07 Å². The molecule has 2 aliphatic rings. The van der Waals surface area contributed by atoms with Crippen molar-refractivity contribution in [2.75, 3.05) is 20.2 Å². The highest BCUT2D eigenvalue weighted by atomic mass is 16.5. The summed E-state index contributed by atoms with van der Waals surface area (Å²) in [5, 5.41) is 14.6. The summed E-state index contributed by atoms with van der Waals surface area (Å²) >= 11 is 0. The van der Waals surface area contributed by atoms with Gasteiger partial charge in [-0.25, -0.2) is 9.50 Å². The molecular formula is C18H25N5O3. The number of aliphatic hydroxyl groups is 1. The van der Waals surface area contributed by atoms with Crippen molar-refractivity contribution in [1.29, 1.82) is 0 Å². The van der Waals surface area contributed by atoms with Gasteiger partial charge in [-0.15, -0.1) is 5.10 Å². The number of rotatable bonds is 3. The molecule has 1 saturated heterocycles. The average Bonchev–Trinajstić information content (AvgIpc) is 3.02. The summed E-state index contributed by atoms with van der Waals surface area (Å²) in [5.74, 6) is 1.05. The second-order valence-electron chi connectivity index (χ2n) is 7.55. The van der Waals surface area contributed by atoms with Crippen molar-refractivity contribution >= 4 is 11.7 Å². The Morgan fingerprint density at radius 2 is 2.08 bits per heavy atom. The van der Waals surface area contributed by atoms with Crippen molar-refractivity contribution in [3.63, 3.8) is 0 Å². The second-order valence-corrected chi connectivity index (χ2v) is 7.55. The summed E-state index contributed by atoms with van der Waals surface area (Å²) in [6.45, 7) is 5.14. The summed E-state index contributed by atoms with van der Waals surface area (Å²) in [5.41, 5.74) is 1.65. The second kappa shape index (κ2) is 6.28. The van der Waals surface area contributed by atoms with E-state index in [9.17, 15) is 9.90 Å². The maximum Gasteiger partial charge on any atom is 0.252 e. The first kappa shape index (κ1) is 17.4. The molecule has 2 atom stereocenters. The fraction of sp³-hybridized carbons (Fsp3) is 0.667. The van der Waals surface area contributed by atoms with E-state index in [0.29, 0.717) is 31.1 Å². The Morgan fingerprint density at radius 3 is 2.73 bits per heavy atom. The highest BCUT2D eigenvalue weighted by molar-refractivity contribution is 5.78. The van der Waals surface area contributed by atoms with Gasteiger partial charge in [0.2, 0.25) is 5.91 Å². The van der Waals surface area contributed by atoms with Gasteiger partial charge in [-0.1, -0.05) is 0 Å². The molecule has 0 aromatic carbocycles. The van der Waals surface area contributed by atoms with Crippen LogP contribution in [0.25, 0.3) is 5.78 Å². The lowest BCUT2D eigenvalue weighted by Crippen LogP contribution is -2.62. The van der Waals surface area contributed by atoms with Gasteiger partial charge in [0.25, 0.3) is 5.78 Å². The van der Waals surface area contributed by atoms with E-state index in [4.69, 9.17) is 4.74 Å². The number of aliphatic hydroxyl groups excluding tert-OH is 1. The quantitative estimate of drug-likeness (QED) is 0.866. The molecule has 140 valence electrons. The summed E-state index contributed by atoms with van der Waals surface area (Å²) < 4.78 is 7.18. The Hall–Kier alpha value is -2.06. The lowest BCUT2D eigenvalue weighted by Gasteiger charge is -2.56. The van der Waals surface area contributed by atoms with Gasteiger partial charge < -0.3 is 14.7 Å². The number of fused-ring (bicyclic) bond motifs is 1. The molecule has 1 spiro atoms. The predicted octanol–water partition coefficient (Wildman–Crippen LogP) is 0.672. The topological polar surface area (TPSA) is 92.9 Å². The minimum absolute atomic E-state index is 0.0212. The van der Waals surface area contributed by atoms with Crippen LogP contribution in [0.5, 0.6) is 0 Å². The Kier molecular flexibility index (Phi) is 4.19. The van der Waals surface area contributed by atoms with Gasteiger partial charge >= 0.3 is 0 Å². The lowest BCUT2D eigenvalue weighted by atomic mass is 9.58. The molecule has 0 unspecified atom stereocenters. The Morgan fingerprint density at radius 1 is 1.35 bits per heavy atom. The molecule has 1 aliphatic carbocycles. The molecule has 8 heteroatoms. The van der Waals surface area contributed by atoms with Crippen LogP contribution in [0.3, 0.4) is 0 Å². The molecule has 1 aliphatic heterocycles. The smallest absolute Gasteiger partial charge is 0.252 e. The zero-order valence-corrected chi connectivity index (χ0v) is 15.5. The summed E-state index contributed by atoms with van der Waals surface area (Å²) in [6, 6.07) is 1.94. The standard InChI is InChI=1S/C18H25N5O3/c1-11-8-12(2)23-17(19-11)20-15(21-23)10-16(25)22-6-4-18(5-7-22)13(24)9-14(18)26-3/h8,13-14,24H,4-7,9-10H2,1-3H3/t13-,14+/m1/s1. The zero-order chi connectivity index (χ0) is 18.5. The highest BCUT2D eigenvalue weighted by Gasteiger charge is 2.56. The molecule has 0 bridgehead atoms. The van der Waals surface area contributed by atoms with Crippen LogP contribution < -0.4 is 0 Å². The van der Waals surface area contributed by atoms with Gasteiger partial charge in [0.05, 0.1) is 18.6 Å². The third kappa shape index (κ3) is 2.68. The third-order valence-corrected chi connectivity index (χ3v) is 6.05. The number of carbonyl (C=O) groups excluding carboxylic acids is 1. The minimum atomic E-state index is -0.318. The molecule has 2 aromatic heterocycles. The number of methoxy groups -OCH3 is 1. The number of hydrogen-bond acceptors (Lipinski definition) is 6. The molecule has 8 nitrogen and oxygen atoms in total. The van der Waals surface area contributed by atoms with Crippen molar-refractivity contribution in [1.82, 2.24) is 24.5 Å². The zero-order valence-electron chi connectivity index (χ0n) is 15.5. The van der Waals surface area contributed by atoms with Crippen molar-refractivity contribution in [3.8, 4) is 0 Å². The van der Waals surface area contributed by atoms with E-state index >= 15 is 0 Å². The molecule has 1 N–H and O–H groups in total. The molecule has 0 radical (unpaired) electrons. The number of likely N-dealkylation sites (tertiary alicyclic amines) is 1. The van der Waals surface area contributed by atoms with E-state index in [1.54, 1.807) is 11.6 Å². The van der Waals surface area contributed by atoms with Crippen LogP contribution >= 0.6 is 0 Å². The van der Waals surface area contributed by atoms with Crippen LogP contribution in [0, 0.1) is 19.3 Å². The minimum Gasteiger partial charge on any atom is -0.392 e. The molecule has 26 heavy (non-hydrogen) atoms. The number of hydrogen-bond donors (Lipinski definition) is 1. The SMILES string of the molecule is CO[C@H]1C[C@@H](O)C12CCN(C(=O)Cc1nc3nc(C)cc(C)n3n1)CC2. The van der Waals surface area contributed by atoms with Crippen LogP contribution in [-0.2, 0) is 16.0 Å². The Labute approximate surface area is 152 Å². The number of amides is 1. The van der Waals surface area contributed by atoms with E-state index in [-0.39, 0.29) is 30.0 Å². The predicted molar refractivity (Wildman–Crippen MR) is 93.6 cm³/mol. The normalized spacial score (nSPS) is 24.8. The van der Waals surface area contributed by atoms with Crippen LogP contribution in [0.1, 0.15) is 36.5 Å². The molecule has 1 saturated carbocycles. The Balaban J connectivity index is 1.43. The number of ether oxygens (including phenoxy) is 1. The largest absolute Gasteiger partial charge is 0.392 e. The highest BCUT2D eigenvalue weighted by Crippen LogP contribution is 2.50. The van der Waals surface area contributed by atoms with Crippen molar-refractivity contribution < 1.29 is 14.6 Å². The molecule has 3 heterocycles. The lowest BCUT2D eigenvalue weighted by molar-refractivity contribution is -0.202. The van der Waals surface area contributed by atoms with Gasteiger partial charge in [-0.3, -0.25) is 4.79 Å². The van der Waals surface area contributed by atoms with E-state index in [1.165, 1.54) is 0 Å². The van der Waals surface area contributed by atoms with Crippen LogP contribution in [-0.4, -0.2) is 67.9 Å². The third-order valence-electron chi connectivity index (χ3n) is 6.05. The first-order chi connectivity index (χ1) is 12.4. The molecule has 2 aromatic rings. The van der Waals surface area contributed by atoms with Gasteiger partial charge in [-0.2, -0.15) is 4.98 Å². The first-order valence-electron chi connectivity index (χ1n) is 9.11. The number of carbonyl (C=O) groups is 1. The van der Waals surface area contributed by atoms with Gasteiger partial charge in [-0.05, 0) is 32.8 Å². The van der Waals surface area contributed by atoms with Crippen molar-refractivity contribution in [2.45, 2.75) is 51.7 Å². The maximum atomic E-state index is 12.7. The van der Waals surface area contributed by atoms with Gasteiger partial charge in [0, 0.05) is 43.4 Å². The fourth-order valence-electron chi connectivity index (χ4n) is 4.41.